The Balaban J connectivity index is 1.50. The minimum atomic E-state index is -0.0443. The Morgan fingerprint density at radius 2 is 1.97 bits per heavy atom. The molecule has 0 bridgehead atoms. The van der Waals surface area contributed by atoms with E-state index in [1.807, 2.05) is 59.1 Å². The van der Waals surface area contributed by atoms with Gasteiger partial charge in [-0.1, -0.05) is 36.4 Å². The van der Waals surface area contributed by atoms with Crippen LogP contribution < -0.4 is 9.47 Å². The molecule has 6 heteroatoms. The van der Waals surface area contributed by atoms with Gasteiger partial charge in [0.15, 0.2) is 11.5 Å². The molecule has 0 fully saturated rings. The Hall–Kier alpha value is -3.28. The normalized spacial score (nSPS) is 13.3. The van der Waals surface area contributed by atoms with Crippen molar-refractivity contribution in [3.63, 3.8) is 0 Å². The summed E-state index contributed by atoms with van der Waals surface area (Å²) in [5, 5.41) is 0. The predicted molar refractivity (Wildman–Crippen MR) is 110 cm³/mol. The SMILES string of the molecule is C[C@H](c1ccccc1)N(Cc1nccn1C)C(=O)CCc1ccc2c(c1)OCO2. The Bertz CT molecular complexity index is 984. The summed E-state index contributed by atoms with van der Waals surface area (Å²) < 4.78 is 12.8. The second-order valence-electron chi connectivity index (χ2n) is 7.25. The van der Waals surface area contributed by atoms with Crippen LogP contribution in [0.1, 0.15) is 36.3 Å². The van der Waals surface area contributed by atoms with Crippen molar-refractivity contribution in [2.24, 2.45) is 7.05 Å². The van der Waals surface area contributed by atoms with Crippen molar-refractivity contribution in [3.05, 3.63) is 77.9 Å². The molecule has 0 saturated carbocycles. The molecule has 0 aliphatic carbocycles. The molecule has 1 atom stereocenters. The molecule has 6 nitrogen and oxygen atoms in total. The quantitative estimate of drug-likeness (QED) is 0.613. The van der Waals surface area contributed by atoms with E-state index in [0.29, 0.717) is 19.4 Å². The number of hydrogen-bond donors (Lipinski definition) is 0. The lowest BCUT2D eigenvalue weighted by atomic mass is 10.0. The summed E-state index contributed by atoms with van der Waals surface area (Å²) in [5.41, 5.74) is 2.17. The summed E-state index contributed by atoms with van der Waals surface area (Å²) in [6.07, 6.45) is 4.73. The van der Waals surface area contributed by atoms with Crippen molar-refractivity contribution < 1.29 is 14.3 Å². The van der Waals surface area contributed by atoms with Crippen LogP contribution in [0.5, 0.6) is 11.5 Å². The number of fused-ring (bicyclic) bond motifs is 1. The van der Waals surface area contributed by atoms with Crippen LogP contribution >= 0.6 is 0 Å². The van der Waals surface area contributed by atoms with Crippen LogP contribution in [0.25, 0.3) is 0 Å². The Kier molecular flexibility index (Phi) is 5.51. The summed E-state index contributed by atoms with van der Waals surface area (Å²) in [6.45, 7) is 2.79. The van der Waals surface area contributed by atoms with Crippen molar-refractivity contribution in [1.29, 1.82) is 0 Å². The van der Waals surface area contributed by atoms with Crippen molar-refractivity contribution >= 4 is 5.91 Å². The van der Waals surface area contributed by atoms with Gasteiger partial charge in [0.05, 0.1) is 12.6 Å². The molecule has 0 unspecified atom stereocenters. The highest BCUT2D eigenvalue weighted by Gasteiger charge is 2.23. The first-order valence-corrected chi connectivity index (χ1v) is 9.81. The zero-order valence-corrected chi connectivity index (χ0v) is 16.7. The van der Waals surface area contributed by atoms with Gasteiger partial charge in [0.1, 0.15) is 5.82 Å². The number of hydrogen-bond acceptors (Lipinski definition) is 4. The summed E-state index contributed by atoms with van der Waals surface area (Å²) in [5.74, 6) is 2.47. The number of amides is 1. The van der Waals surface area contributed by atoms with Crippen LogP contribution in [0.3, 0.4) is 0 Å². The minimum Gasteiger partial charge on any atom is -0.454 e. The number of carbonyl (C=O) groups is 1. The summed E-state index contributed by atoms with van der Waals surface area (Å²) in [4.78, 5) is 19.6. The van der Waals surface area contributed by atoms with Crippen molar-refractivity contribution in [2.75, 3.05) is 6.79 Å². The van der Waals surface area contributed by atoms with Crippen molar-refractivity contribution in [2.45, 2.75) is 32.4 Å². The third-order valence-electron chi connectivity index (χ3n) is 5.37. The van der Waals surface area contributed by atoms with Gasteiger partial charge in [0, 0.05) is 25.9 Å². The largest absolute Gasteiger partial charge is 0.454 e. The average molecular weight is 391 g/mol. The number of nitrogens with zero attached hydrogens (tertiary/aromatic N) is 3. The van der Waals surface area contributed by atoms with Gasteiger partial charge in [0.25, 0.3) is 0 Å². The Morgan fingerprint density at radius 3 is 2.72 bits per heavy atom. The Morgan fingerprint density at radius 1 is 1.17 bits per heavy atom. The van der Waals surface area contributed by atoms with E-state index >= 15 is 0 Å². The van der Waals surface area contributed by atoms with E-state index in [9.17, 15) is 4.79 Å². The van der Waals surface area contributed by atoms with Crippen molar-refractivity contribution in [3.8, 4) is 11.5 Å². The molecule has 3 aromatic rings. The smallest absolute Gasteiger partial charge is 0.231 e. The molecular formula is C23H25N3O3. The number of aromatic nitrogens is 2. The zero-order chi connectivity index (χ0) is 20.2. The molecule has 0 saturated heterocycles. The molecule has 0 spiro atoms. The third kappa shape index (κ3) is 4.26. The topological polar surface area (TPSA) is 56.6 Å². The van der Waals surface area contributed by atoms with Crippen LogP contribution in [0, 0.1) is 0 Å². The first-order chi connectivity index (χ1) is 14.1. The molecule has 150 valence electrons. The highest BCUT2D eigenvalue weighted by atomic mass is 16.7. The number of benzene rings is 2. The molecule has 4 rings (SSSR count). The number of ether oxygens (including phenoxy) is 2. The molecule has 2 heterocycles. The average Bonchev–Trinajstić information content (AvgIpc) is 3.38. The molecule has 1 amide bonds. The molecule has 0 N–H and O–H groups in total. The van der Waals surface area contributed by atoms with Gasteiger partial charge in [-0.3, -0.25) is 4.79 Å². The van der Waals surface area contributed by atoms with Gasteiger partial charge in [-0.2, -0.15) is 0 Å². The van der Waals surface area contributed by atoms with Gasteiger partial charge >= 0.3 is 0 Å². The molecule has 1 aliphatic heterocycles. The van der Waals surface area contributed by atoms with E-state index in [0.717, 1.165) is 28.5 Å². The first kappa shape index (κ1) is 19.1. The lowest BCUT2D eigenvalue weighted by Gasteiger charge is -2.29. The van der Waals surface area contributed by atoms with Gasteiger partial charge in [-0.25, -0.2) is 4.98 Å². The molecule has 2 aromatic carbocycles. The summed E-state index contributed by atoms with van der Waals surface area (Å²) in [7, 11) is 1.95. The van der Waals surface area contributed by atoms with E-state index in [4.69, 9.17) is 9.47 Å². The fourth-order valence-corrected chi connectivity index (χ4v) is 3.55. The number of carbonyl (C=O) groups excluding carboxylic acids is 1. The fraction of sp³-hybridized carbons (Fsp3) is 0.304. The highest BCUT2D eigenvalue weighted by molar-refractivity contribution is 5.77. The molecule has 0 radical (unpaired) electrons. The van der Waals surface area contributed by atoms with E-state index in [2.05, 4.69) is 24.0 Å². The molecule has 29 heavy (non-hydrogen) atoms. The highest BCUT2D eigenvalue weighted by Crippen LogP contribution is 2.33. The second kappa shape index (κ2) is 8.39. The van der Waals surface area contributed by atoms with Crippen LogP contribution in [-0.4, -0.2) is 27.2 Å². The lowest BCUT2D eigenvalue weighted by Crippen LogP contribution is -2.34. The van der Waals surface area contributed by atoms with Gasteiger partial charge < -0.3 is 18.9 Å². The summed E-state index contributed by atoms with van der Waals surface area (Å²) >= 11 is 0. The minimum absolute atomic E-state index is 0.0443. The van der Waals surface area contributed by atoms with Crippen molar-refractivity contribution in [1.82, 2.24) is 14.5 Å². The molecular weight excluding hydrogens is 366 g/mol. The molecule has 1 aromatic heterocycles. The van der Waals surface area contributed by atoms with E-state index < -0.39 is 0 Å². The zero-order valence-electron chi connectivity index (χ0n) is 16.7. The van der Waals surface area contributed by atoms with Crippen LogP contribution in [-0.2, 0) is 24.8 Å². The third-order valence-corrected chi connectivity index (χ3v) is 5.37. The van der Waals surface area contributed by atoms with Crippen LogP contribution in [0.2, 0.25) is 0 Å². The van der Waals surface area contributed by atoms with Gasteiger partial charge in [-0.15, -0.1) is 0 Å². The first-order valence-electron chi connectivity index (χ1n) is 9.81. The number of rotatable bonds is 7. The van der Waals surface area contributed by atoms with Gasteiger partial charge in [-0.05, 0) is 36.6 Å². The number of imidazole rings is 1. The van der Waals surface area contributed by atoms with Crippen LogP contribution in [0.4, 0.5) is 0 Å². The van der Waals surface area contributed by atoms with Crippen LogP contribution in [0.15, 0.2) is 60.9 Å². The lowest BCUT2D eigenvalue weighted by molar-refractivity contribution is -0.134. The Labute approximate surface area is 170 Å². The van der Waals surface area contributed by atoms with E-state index in [1.165, 1.54) is 0 Å². The monoisotopic (exact) mass is 391 g/mol. The fourth-order valence-electron chi connectivity index (χ4n) is 3.55. The van der Waals surface area contributed by atoms with E-state index in [-0.39, 0.29) is 18.7 Å². The van der Waals surface area contributed by atoms with E-state index in [1.54, 1.807) is 6.20 Å². The van der Waals surface area contributed by atoms with Gasteiger partial charge in [0.2, 0.25) is 12.7 Å². The molecule has 1 aliphatic rings. The maximum atomic E-state index is 13.2. The standard InChI is InChI=1S/C23H25N3O3/c1-17(19-6-4-3-5-7-19)26(15-22-24-12-13-25(22)2)23(27)11-9-18-8-10-20-21(14-18)29-16-28-20/h3-8,10,12-14,17H,9,11,15-16H2,1-2H3/t17-/m1/s1. The maximum absolute atomic E-state index is 13.2. The summed E-state index contributed by atoms with van der Waals surface area (Å²) in [6, 6.07) is 15.9. The second-order valence-corrected chi connectivity index (χ2v) is 7.25. The predicted octanol–water partition coefficient (Wildman–Crippen LogP) is 3.87. The maximum Gasteiger partial charge on any atom is 0.231 e. The number of aryl methyl sites for hydroxylation is 2.